The third-order valence-electron chi connectivity index (χ3n) is 5.60. The minimum atomic E-state index is -0.826. The van der Waals surface area contributed by atoms with E-state index < -0.39 is 17.7 Å². The van der Waals surface area contributed by atoms with Gasteiger partial charge in [-0.05, 0) is 62.2 Å². The Morgan fingerprint density at radius 2 is 1.66 bits per heavy atom. The number of aliphatic hydroxyl groups excluding tert-OH is 1. The number of amides is 1. The molecule has 1 saturated heterocycles. The molecular formula is C29H29NO5. The van der Waals surface area contributed by atoms with Crippen LogP contribution in [0, 0.1) is 0 Å². The van der Waals surface area contributed by atoms with Gasteiger partial charge in [-0.2, -0.15) is 0 Å². The van der Waals surface area contributed by atoms with Crippen LogP contribution in [0.2, 0.25) is 0 Å². The lowest BCUT2D eigenvalue weighted by Crippen LogP contribution is -2.29. The maximum absolute atomic E-state index is 13.3. The minimum Gasteiger partial charge on any atom is -0.507 e. The first kappa shape index (κ1) is 24.1. The molecule has 0 aliphatic carbocycles. The molecule has 1 N–H and O–H groups in total. The van der Waals surface area contributed by atoms with Crippen LogP contribution in [-0.4, -0.2) is 29.5 Å². The first-order valence-electron chi connectivity index (χ1n) is 11.8. The topological polar surface area (TPSA) is 76.1 Å². The molecular weight excluding hydrogens is 442 g/mol. The summed E-state index contributed by atoms with van der Waals surface area (Å²) in [5, 5.41) is 11.4. The molecule has 0 aromatic heterocycles. The monoisotopic (exact) mass is 471 g/mol. The number of nitrogens with zero attached hydrogens (tertiary/aromatic N) is 1. The van der Waals surface area contributed by atoms with Crippen LogP contribution < -0.4 is 14.4 Å². The van der Waals surface area contributed by atoms with Gasteiger partial charge in [-0.25, -0.2) is 0 Å². The molecule has 0 spiro atoms. The summed E-state index contributed by atoms with van der Waals surface area (Å²) in [5.74, 6) is -0.491. The molecule has 1 fully saturated rings. The lowest BCUT2D eigenvalue weighted by Gasteiger charge is -2.26. The van der Waals surface area contributed by atoms with Crippen molar-refractivity contribution in [1.29, 1.82) is 0 Å². The number of benzene rings is 3. The van der Waals surface area contributed by atoms with E-state index in [0.717, 1.165) is 6.42 Å². The van der Waals surface area contributed by atoms with Crippen LogP contribution in [-0.2, 0) is 9.59 Å². The highest BCUT2D eigenvalue weighted by molar-refractivity contribution is 6.51. The number of carbonyl (C=O) groups is 2. The van der Waals surface area contributed by atoms with E-state index >= 15 is 0 Å². The fraction of sp³-hybridized carbons (Fsp3) is 0.241. The molecule has 6 nitrogen and oxygen atoms in total. The second-order valence-corrected chi connectivity index (χ2v) is 8.62. The molecule has 3 aromatic rings. The van der Waals surface area contributed by atoms with Gasteiger partial charge in [-0.1, -0.05) is 49.4 Å². The second-order valence-electron chi connectivity index (χ2n) is 8.62. The van der Waals surface area contributed by atoms with Crippen LogP contribution in [0.15, 0.2) is 84.4 Å². The Bertz CT molecular complexity index is 1250. The van der Waals surface area contributed by atoms with E-state index in [1.807, 2.05) is 45.0 Å². The molecule has 1 amide bonds. The number of para-hydroxylation sites is 1. The van der Waals surface area contributed by atoms with Gasteiger partial charge in [0.15, 0.2) is 0 Å². The lowest BCUT2D eigenvalue weighted by atomic mass is 9.95. The molecule has 1 aliphatic heterocycles. The van der Waals surface area contributed by atoms with Crippen LogP contribution in [0.3, 0.4) is 0 Å². The highest BCUT2D eigenvalue weighted by atomic mass is 16.5. The largest absolute Gasteiger partial charge is 0.507 e. The summed E-state index contributed by atoms with van der Waals surface area (Å²) in [4.78, 5) is 28.0. The molecule has 4 rings (SSSR count). The molecule has 0 saturated carbocycles. The molecule has 6 heteroatoms. The van der Waals surface area contributed by atoms with Crippen LogP contribution in [0.5, 0.6) is 11.5 Å². The molecule has 180 valence electrons. The van der Waals surface area contributed by atoms with Crippen molar-refractivity contribution in [3.8, 4) is 11.5 Å². The van der Waals surface area contributed by atoms with E-state index in [4.69, 9.17) is 9.47 Å². The fourth-order valence-electron chi connectivity index (χ4n) is 4.14. The van der Waals surface area contributed by atoms with Gasteiger partial charge in [0.25, 0.3) is 11.7 Å². The molecule has 0 bridgehead atoms. The third kappa shape index (κ3) is 5.06. The predicted molar refractivity (Wildman–Crippen MR) is 136 cm³/mol. The van der Waals surface area contributed by atoms with E-state index in [2.05, 4.69) is 0 Å². The number of hydrogen-bond donors (Lipinski definition) is 1. The Balaban J connectivity index is 1.88. The van der Waals surface area contributed by atoms with E-state index in [1.165, 1.54) is 4.90 Å². The Kier molecular flexibility index (Phi) is 7.20. The van der Waals surface area contributed by atoms with Crippen molar-refractivity contribution in [2.75, 3.05) is 11.5 Å². The van der Waals surface area contributed by atoms with E-state index in [1.54, 1.807) is 54.6 Å². The standard InChI is InChI=1S/C29H29NO5/c1-4-16-34-23-14-9-11-21(18-23)27(31)25-26(20-10-8-15-24(17-20)35-19(2)3)30(29(33)28(25)32)22-12-6-5-7-13-22/h5-15,17-19,26,31H,4,16H2,1-3H3/b27-25-. The van der Waals surface area contributed by atoms with Gasteiger partial charge in [0.2, 0.25) is 0 Å². The fourth-order valence-corrected chi connectivity index (χ4v) is 4.14. The van der Waals surface area contributed by atoms with Gasteiger partial charge < -0.3 is 14.6 Å². The molecule has 35 heavy (non-hydrogen) atoms. The maximum Gasteiger partial charge on any atom is 0.300 e. The van der Waals surface area contributed by atoms with Crippen molar-refractivity contribution < 1.29 is 24.2 Å². The number of aliphatic hydroxyl groups is 1. The smallest absolute Gasteiger partial charge is 0.300 e. The zero-order chi connectivity index (χ0) is 24.9. The molecule has 1 atom stereocenters. The van der Waals surface area contributed by atoms with Gasteiger partial charge in [-0.15, -0.1) is 0 Å². The van der Waals surface area contributed by atoms with Gasteiger partial charge >= 0.3 is 0 Å². The summed E-state index contributed by atoms with van der Waals surface area (Å²) in [6.07, 6.45) is 0.796. The molecule has 1 aliphatic rings. The highest BCUT2D eigenvalue weighted by Crippen LogP contribution is 2.43. The summed E-state index contributed by atoms with van der Waals surface area (Å²) in [6.45, 7) is 6.39. The number of Topliss-reactive ketones (excluding diaryl/α,β-unsaturated/α-hetero) is 1. The first-order chi connectivity index (χ1) is 16.9. The van der Waals surface area contributed by atoms with Crippen LogP contribution >= 0.6 is 0 Å². The van der Waals surface area contributed by atoms with Gasteiger partial charge in [0.05, 0.1) is 24.3 Å². The number of anilines is 1. The third-order valence-corrected chi connectivity index (χ3v) is 5.60. The summed E-state index contributed by atoms with van der Waals surface area (Å²) in [6, 6.07) is 22.4. The Labute approximate surface area is 205 Å². The van der Waals surface area contributed by atoms with Gasteiger partial charge in [0.1, 0.15) is 17.3 Å². The van der Waals surface area contributed by atoms with Crippen LogP contribution in [0.4, 0.5) is 5.69 Å². The number of ether oxygens (including phenoxy) is 2. The summed E-state index contributed by atoms with van der Waals surface area (Å²) >= 11 is 0. The zero-order valence-corrected chi connectivity index (χ0v) is 20.1. The summed E-state index contributed by atoms with van der Waals surface area (Å²) < 4.78 is 11.6. The molecule has 1 unspecified atom stereocenters. The van der Waals surface area contributed by atoms with Crippen molar-refractivity contribution in [3.05, 3.63) is 95.6 Å². The van der Waals surface area contributed by atoms with Gasteiger partial charge in [-0.3, -0.25) is 14.5 Å². The second kappa shape index (κ2) is 10.5. The van der Waals surface area contributed by atoms with Crippen LogP contribution in [0.25, 0.3) is 5.76 Å². The molecule has 1 heterocycles. The first-order valence-corrected chi connectivity index (χ1v) is 11.8. The number of hydrogen-bond acceptors (Lipinski definition) is 5. The number of ketones is 1. The van der Waals surface area contributed by atoms with Crippen molar-refractivity contribution in [2.45, 2.75) is 39.3 Å². The van der Waals surface area contributed by atoms with Crippen molar-refractivity contribution in [3.63, 3.8) is 0 Å². The van der Waals surface area contributed by atoms with E-state index in [0.29, 0.717) is 34.9 Å². The van der Waals surface area contributed by atoms with E-state index in [9.17, 15) is 14.7 Å². The highest BCUT2D eigenvalue weighted by Gasteiger charge is 2.47. The quantitative estimate of drug-likeness (QED) is 0.252. The predicted octanol–water partition coefficient (Wildman–Crippen LogP) is 5.89. The maximum atomic E-state index is 13.3. The summed E-state index contributed by atoms with van der Waals surface area (Å²) in [5.41, 5.74) is 1.65. The van der Waals surface area contributed by atoms with Crippen molar-refractivity contribution >= 4 is 23.1 Å². The average Bonchev–Trinajstić information content (AvgIpc) is 3.13. The Morgan fingerprint density at radius 1 is 0.943 bits per heavy atom. The van der Waals surface area contributed by atoms with Gasteiger partial charge in [0, 0.05) is 11.3 Å². The number of rotatable bonds is 8. The minimum absolute atomic E-state index is 0.0215. The van der Waals surface area contributed by atoms with Crippen LogP contribution in [0.1, 0.15) is 44.4 Å². The SMILES string of the molecule is CCCOc1cccc(/C(O)=C2/C(=O)C(=O)N(c3ccccc3)C2c2cccc(OC(C)C)c2)c1. The molecule has 3 aromatic carbocycles. The van der Waals surface area contributed by atoms with E-state index in [-0.39, 0.29) is 17.4 Å². The Hall–Kier alpha value is -4.06. The Morgan fingerprint density at radius 3 is 2.37 bits per heavy atom. The normalized spacial score (nSPS) is 17.1. The lowest BCUT2D eigenvalue weighted by molar-refractivity contribution is -0.132. The molecule has 0 radical (unpaired) electrons. The van der Waals surface area contributed by atoms with Crippen molar-refractivity contribution in [2.24, 2.45) is 0 Å². The summed E-state index contributed by atoms with van der Waals surface area (Å²) in [7, 11) is 0. The zero-order valence-electron chi connectivity index (χ0n) is 20.1. The average molecular weight is 472 g/mol. The number of carbonyl (C=O) groups excluding carboxylic acids is 2. The van der Waals surface area contributed by atoms with Crippen molar-refractivity contribution in [1.82, 2.24) is 0 Å².